The Bertz CT molecular complexity index is 982. The fourth-order valence-electron chi connectivity index (χ4n) is 3.18. The molecule has 28 heavy (non-hydrogen) atoms. The molecular formula is C23H24ClN3O. The van der Waals surface area contributed by atoms with Gasteiger partial charge in [-0.1, -0.05) is 30.3 Å². The molecule has 0 amide bonds. The highest BCUT2D eigenvalue weighted by Gasteiger charge is 2.17. The summed E-state index contributed by atoms with van der Waals surface area (Å²) in [5, 5.41) is 0. The number of allylic oxidation sites excluding steroid dienone is 1. The van der Waals surface area contributed by atoms with Gasteiger partial charge in [-0.25, -0.2) is 4.99 Å². The summed E-state index contributed by atoms with van der Waals surface area (Å²) in [7, 11) is 0. The van der Waals surface area contributed by atoms with E-state index in [1.54, 1.807) is 0 Å². The van der Waals surface area contributed by atoms with Crippen LogP contribution in [-0.2, 0) is 17.6 Å². The molecule has 1 aliphatic heterocycles. The Hall–Kier alpha value is -2.98. The number of aromatic nitrogens is 2. The molecule has 0 saturated carbocycles. The molecule has 1 aromatic carbocycles. The van der Waals surface area contributed by atoms with Crippen molar-refractivity contribution in [3.05, 3.63) is 101 Å². The van der Waals surface area contributed by atoms with Crippen molar-refractivity contribution in [2.45, 2.75) is 19.8 Å². The first-order chi connectivity index (χ1) is 13.3. The van der Waals surface area contributed by atoms with Gasteiger partial charge in [0.25, 0.3) is 0 Å². The quantitative estimate of drug-likeness (QED) is 0.561. The van der Waals surface area contributed by atoms with E-state index >= 15 is 0 Å². The lowest BCUT2D eigenvalue weighted by atomic mass is 10.1. The zero-order valence-corrected chi connectivity index (χ0v) is 16.6. The average Bonchev–Trinajstić information content (AvgIpc) is 3.43. The molecule has 0 unspecified atom stereocenters. The van der Waals surface area contributed by atoms with Gasteiger partial charge in [-0.15, -0.1) is 12.4 Å². The number of hydrogen-bond donors (Lipinski definition) is 2. The van der Waals surface area contributed by atoms with E-state index in [-0.39, 0.29) is 12.4 Å². The summed E-state index contributed by atoms with van der Waals surface area (Å²) in [6, 6.07) is 18.8. The van der Waals surface area contributed by atoms with Crippen molar-refractivity contribution in [1.82, 2.24) is 9.97 Å². The molecule has 0 spiro atoms. The van der Waals surface area contributed by atoms with Crippen LogP contribution in [0.3, 0.4) is 0 Å². The number of aromatic amines is 2. The Morgan fingerprint density at radius 1 is 1.00 bits per heavy atom. The van der Waals surface area contributed by atoms with Gasteiger partial charge < -0.3 is 14.7 Å². The van der Waals surface area contributed by atoms with E-state index in [9.17, 15) is 0 Å². The van der Waals surface area contributed by atoms with Crippen LogP contribution in [0.25, 0.3) is 6.08 Å². The molecule has 4 nitrogen and oxygen atoms in total. The number of hydrogen-bond acceptors (Lipinski definition) is 2. The lowest BCUT2D eigenvalue weighted by Crippen LogP contribution is -1.94. The van der Waals surface area contributed by atoms with Crippen LogP contribution in [0, 0.1) is 0 Å². The SMILES string of the molecule is CCOC1=CC(c2ccc[nH]2)=NC1=Cc1ccc(CCc2ccccc2)[nH]1.Cl. The summed E-state index contributed by atoms with van der Waals surface area (Å²) >= 11 is 0. The van der Waals surface area contributed by atoms with Gasteiger partial charge in [-0.3, -0.25) is 0 Å². The van der Waals surface area contributed by atoms with E-state index in [1.165, 1.54) is 11.3 Å². The van der Waals surface area contributed by atoms with Crippen LogP contribution >= 0.6 is 12.4 Å². The second-order valence-electron chi connectivity index (χ2n) is 6.48. The van der Waals surface area contributed by atoms with Gasteiger partial charge in [0.05, 0.1) is 18.0 Å². The van der Waals surface area contributed by atoms with Crippen molar-refractivity contribution >= 4 is 24.2 Å². The van der Waals surface area contributed by atoms with Gasteiger partial charge in [-0.05, 0) is 55.7 Å². The van der Waals surface area contributed by atoms with Crippen LogP contribution in [0.2, 0.25) is 0 Å². The Balaban J connectivity index is 0.00000225. The third kappa shape index (κ3) is 4.65. The number of nitrogens with one attached hydrogen (secondary N) is 2. The topological polar surface area (TPSA) is 53.2 Å². The number of benzene rings is 1. The molecule has 3 heterocycles. The smallest absolute Gasteiger partial charge is 0.147 e. The van der Waals surface area contributed by atoms with Crippen molar-refractivity contribution in [3.63, 3.8) is 0 Å². The maximum absolute atomic E-state index is 5.78. The fourth-order valence-corrected chi connectivity index (χ4v) is 3.18. The molecule has 0 radical (unpaired) electrons. The normalized spacial score (nSPS) is 14.5. The maximum Gasteiger partial charge on any atom is 0.147 e. The number of ether oxygens (including phenoxy) is 1. The molecule has 2 N–H and O–H groups in total. The monoisotopic (exact) mass is 393 g/mol. The van der Waals surface area contributed by atoms with Crippen LogP contribution in [0.5, 0.6) is 0 Å². The van der Waals surface area contributed by atoms with Gasteiger partial charge in [-0.2, -0.15) is 0 Å². The summed E-state index contributed by atoms with van der Waals surface area (Å²) in [5.74, 6) is 0.808. The standard InChI is InChI=1S/C23H23N3O.ClH/c1-2-27-23-16-21(20-9-6-14-24-20)26-22(23)15-19-13-12-18(25-19)11-10-17-7-4-3-5-8-17;/h3-9,12-16,24-25H,2,10-11H2,1H3;1H. The predicted molar refractivity (Wildman–Crippen MR) is 117 cm³/mol. The third-order valence-corrected chi connectivity index (χ3v) is 4.52. The van der Waals surface area contributed by atoms with Crippen molar-refractivity contribution in [1.29, 1.82) is 0 Å². The summed E-state index contributed by atoms with van der Waals surface area (Å²) in [5.41, 5.74) is 6.34. The van der Waals surface area contributed by atoms with Crippen molar-refractivity contribution in [2.24, 2.45) is 4.99 Å². The Morgan fingerprint density at radius 2 is 1.86 bits per heavy atom. The molecule has 1 aliphatic rings. The van der Waals surface area contributed by atoms with E-state index < -0.39 is 0 Å². The van der Waals surface area contributed by atoms with E-state index in [2.05, 4.69) is 52.4 Å². The molecule has 4 rings (SSSR count). The predicted octanol–water partition coefficient (Wildman–Crippen LogP) is 5.31. The highest BCUT2D eigenvalue weighted by molar-refractivity contribution is 6.11. The van der Waals surface area contributed by atoms with E-state index in [4.69, 9.17) is 9.73 Å². The number of nitrogens with zero attached hydrogens (tertiary/aromatic N) is 1. The van der Waals surface area contributed by atoms with E-state index in [0.29, 0.717) is 6.61 Å². The zero-order valence-electron chi connectivity index (χ0n) is 15.8. The lowest BCUT2D eigenvalue weighted by molar-refractivity contribution is 0.239. The first-order valence-electron chi connectivity index (χ1n) is 9.32. The second-order valence-corrected chi connectivity index (χ2v) is 6.48. The first-order valence-corrected chi connectivity index (χ1v) is 9.32. The number of H-pyrrole nitrogens is 2. The van der Waals surface area contributed by atoms with Gasteiger partial charge in [0.2, 0.25) is 0 Å². The molecule has 0 saturated heterocycles. The van der Waals surface area contributed by atoms with Gasteiger partial charge in [0.15, 0.2) is 0 Å². The van der Waals surface area contributed by atoms with Crippen LogP contribution in [0.1, 0.15) is 29.6 Å². The minimum absolute atomic E-state index is 0. The molecule has 0 bridgehead atoms. The van der Waals surface area contributed by atoms with Crippen LogP contribution in [0.15, 0.2) is 83.3 Å². The van der Waals surface area contributed by atoms with E-state index in [0.717, 1.165) is 41.4 Å². The Kier molecular flexibility index (Phi) is 6.56. The minimum atomic E-state index is 0. The summed E-state index contributed by atoms with van der Waals surface area (Å²) in [6.45, 7) is 2.60. The van der Waals surface area contributed by atoms with Crippen molar-refractivity contribution < 1.29 is 4.74 Å². The van der Waals surface area contributed by atoms with Crippen LogP contribution in [-0.4, -0.2) is 22.3 Å². The number of aryl methyl sites for hydroxylation is 2. The van der Waals surface area contributed by atoms with E-state index in [1.807, 2.05) is 37.4 Å². The fraction of sp³-hybridized carbons (Fsp3) is 0.174. The molecule has 2 aromatic heterocycles. The first kappa shape index (κ1) is 19.8. The van der Waals surface area contributed by atoms with Crippen LogP contribution < -0.4 is 0 Å². The zero-order chi connectivity index (χ0) is 18.5. The number of halogens is 1. The summed E-state index contributed by atoms with van der Waals surface area (Å²) in [6.07, 6.45) is 7.94. The van der Waals surface area contributed by atoms with Crippen molar-refractivity contribution in [3.8, 4) is 0 Å². The van der Waals surface area contributed by atoms with Gasteiger partial charge in [0, 0.05) is 23.7 Å². The maximum atomic E-state index is 5.78. The number of aliphatic imine (C=N–C) groups is 1. The molecule has 3 aromatic rings. The third-order valence-electron chi connectivity index (χ3n) is 4.52. The Labute approximate surface area is 171 Å². The summed E-state index contributed by atoms with van der Waals surface area (Å²) < 4.78 is 5.78. The highest BCUT2D eigenvalue weighted by Crippen LogP contribution is 2.25. The molecule has 5 heteroatoms. The Morgan fingerprint density at radius 3 is 2.61 bits per heavy atom. The molecular weight excluding hydrogens is 370 g/mol. The largest absolute Gasteiger partial charge is 0.492 e. The van der Waals surface area contributed by atoms with Gasteiger partial charge >= 0.3 is 0 Å². The molecule has 0 aliphatic carbocycles. The molecule has 144 valence electrons. The van der Waals surface area contributed by atoms with Gasteiger partial charge in [0.1, 0.15) is 11.5 Å². The lowest BCUT2D eigenvalue weighted by Gasteiger charge is -2.04. The molecule has 0 fully saturated rings. The molecule has 0 atom stereocenters. The average molecular weight is 394 g/mol. The van der Waals surface area contributed by atoms with Crippen molar-refractivity contribution in [2.75, 3.05) is 6.61 Å². The second kappa shape index (κ2) is 9.29. The summed E-state index contributed by atoms with van der Waals surface area (Å²) in [4.78, 5) is 11.4. The minimum Gasteiger partial charge on any atom is -0.492 e. The number of rotatable bonds is 7. The van der Waals surface area contributed by atoms with Crippen LogP contribution in [0.4, 0.5) is 0 Å². The highest BCUT2D eigenvalue weighted by atomic mass is 35.5.